The molecule has 0 aliphatic carbocycles. The molecule has 2 heterocycles. The molecular weight excluding hydrogens is 148 g/mol. The van der Waals surface area contributed by atoms with Gasteiger partial charge in [0.25, 0.3) is 5.56 Å². The quantitative estimate of drug-likeness (QED) is 0.566. The van der Waals surface area contributed by atoms with E-state index >= 15 is 0 Å². The number of pyridine rings is 1. The lowest BCUT2D eigenvalue weighted by molar-refractivity contribution is 0.466. The third-order valence-electron chi connectivity index (χ3n) is 1.33. The highest BCUT2D eigenvalue weighted by Gasteiger charge is 2.02. The highest BCUT2D eigenvalue weighted by molar-refractivity contribution is 5.68. The Morgan fingerprint density at radius 3 is 3.27 bits per heavy atom. The van der Waals surface area contributed by atoms with E-state index in [1.165, 1.54) is 12.5 Å². The fourth-order valence-corrected chi connectivity index (χ4v) is 0.813. The molecule has 0 aliphatic rings. The van der Waals surface area contributed by atoms with E-state index < -0.39 is 5.56 Å². The van der Waals surface area contributed by atoms with Gasteiger partial charge >= 0.3 is 0 Å². The fraction of sp³-hybridized carbons (Fsp3) is 0. The van der Waals surface area contributed by atoms with Crippen molar-refractivity contribution in [3.05, 3.63) is 22.8 Å². The van der Waals surface area contributed by atoms with Crippen LogP contribution >= 0.6 is 0 Å². The van der Waals surface area contributed by atoms with Gasteiger partial charge in [0.2, 0.25) is 5.71 Å². The number of aromatic nitrogens is 2. The lowest BCUT2D eigenvalue weighted by Gasteiger charge is -1.87. The number of H-pyrrole nitrogens is 1. The number of fused-ring (bicyclic) bond motifs is 1. The largest absolute Gasteiger partial charge is 0.503 e. The summed E-state index contributed by atoms with van der Waals surface area (Å²) >= 11 is 0. The third kappa shape index (κ3) is 0.778. The molecule has 0 aliphatic heterocycles. The van der Waals surface area contributed by atoms with Crippen LogP contribution in [0.5, 0.6) is 5.75 Å². The lowest BCUT2D eigenvalue weighted by atomic mass is 10.4. The predicted molar refractivity (Wildman–Crippen MR) is 36.3 cm³/mol. The zero-order valence-electron chi connectivity index (χ0n) is 5.37. The summed E-state index contributed by atoms with van der Waals surface area (Å²) in [6.45, 7) is 0. The summed E-state index contributed by atoms with van der Waals surface area (Å²) in [5, 5.41) is 8.91. The van der Waals surface area contributed by atoms with Crippen LogP contribution in [0, 0.1) is 0 Å². The van der Waals surface area contributed by atoms with Crippen LogP contribution in [-0.4, -0.2) is 15.1 Å². The van der Waals surface area contributed by atoms with Crippen molar-refractivity contribution in [3.63, 3.8) is 0 Å². The first-order valence-corrected chi connectivity index (χ1v) is 2.93. The molecule has 0 radical (unpaired) electrons. The molecule has 2 aromatic heterocycles. The van der Waals surface area contributed by atoms with Crippen molar-refractivity contribution in [3.8, 4) is 5.75 Å². The molecule has 2 N–H and O–H groups in total. The molecule has 2 aromatic rings. The zero-order valence-corrected chi connectivity index (χ0v) is 5.37. The summed E-state index contributed by atoms with van der Waals surface area (Å²) < 4.78 is 4.78. The molecule has 0 saturated carbocycles. The van der Waals surface area contributed by atoms with E-state index in [0.29, 0.717) is 5.52 Å². The summed E-state index contributed by atoms with van der Waals surface area (Å²) in [6.07, 6.45) is 1.19. The third-order valence-corrected chi connectivity index (χ3v) is 1.33. The molecule has 0 aromatic carbocycles. The highest BCUT2D eigenvalue weighted by Crippen LogP contribution is 2.10. The average molecular weight is 152 g/mol. The summed E-state index contributed by atoms with van der Waals surface area (Å²) in [4.78, 5) is 16.8. The zero-order chi connectivity index (χ0) is 7.84. The minimum atomic E-state index is -0.575. The fourth-order valence-electron chi connectivity index (χ4n) is 0.813. The van der Waals surface area contributed by atoms with Crippen molar-refractivity contribution in [1.29, 1.82) is 0 Å². The van der Waals surface area contributed by atoms with E-state index in [1.54, 1.807) is 0 Å². The predicted octanol–water partition coefficient (Wildman–Crippen LogP) is 0.222. The van der Waals surface area contributed by atoms with E-state index in [1.807, 2.05) is 0 Å². The Bertz CT molecular complexity index is 442. The molecule has 11 heavy (non-hydrogen) atoms. The number of nitrogens with one attached hydrogen (secondary N) is 1. The summed E-state index contributed by atoms with van der Waals surface area (Å²) in [5.41, 5.74) is 0.129. The maximum Gasteiger partial charge on any atom is 0.292 e. The monoisotopic (exact) mass is 152 g/mol. The topological polar surface area (TPSA) is 79.1 Å². The van der Waals surface area contributed by atoms with E-state index in [0.717, 1.165) is 0 Å². The summed E-state index contributed by atoms with van der Waals surface area (Å²) in [6, 6.07) is 1.25. The number of oxazole rings is 1. The van der Waals surface area contributed by atoms with Crippen LogP contribution in [0.4, 0.5) is 0 Å². The summed E-state index contributed by atoms with van der Waals surface area (Å²) in [7, 11) is 0. The smallest absolute Gasteiger partial charge is 0.292 e. The molecule has 0 unspecified atom stereocenters. The van der Waals surface area contributed by atoms with Gasteiger partial charge in [-0.15, -0.1) is 0 Å². The number of hydrogen-bond donors (Lipinski definition) is 2. The van der Waals surface area contributed by atoms with Crippen molar-refractivity contribution < 1.29 is 9.52 Å². The van der Waals surface area contributed by atoms with Crippen molar-refractivity contribution >= 4 is 11.2 Å². The maximum absolute atomic E-state index is 10.7. The summed E-state index contributed by atoms with van der Waals surface area (Å²) in [5.74, 6) is -0.355. The number of rotatable bonds is 0. The Hall–Kier alpha value is -1.78. The van der Waals surface area contributed by atoms with E-state index in [-0.39, 0.29) is 11.5 Å². The van der Waals surface area contributed by atoms with Crippen LogP contribution in [0.2, 0.25) is 0 Å². The Balaban J connectivity index is 2.97. The molecule has 0 spiro atoms. The van der Waals surface area contributed by atoms with Gasteiger partial charge in [0, 0.05) is 6.07 Å². The standard InChI is InChI=1S/C6H4N2O3/c9-4-1-3-6(8-5(4)10)11-2-7-3/h1-2,9H,(H,8,10). The first-order chi connectivity index (χ1) is 5.27. The van der Waals surface area contributed by atoms with Crippen LogP contribution in [0.25, 0.3) is 11.2 Å². The first kappa shape index (κ1) is 5.96. The second-order valence-corrected chi connectivity index (χ2v) is 2.05. The van der Waals surface area contributed by atoms with Crippen LogP contribution in [0.3, 0.4) is 0 Å². The van der Waals surface area contributed by atoms with Gasteiger partial charge < -0.3 is 9.52 Å². The number of aromatic hydroxyl groups is 1. The highest BCUT2D eigenvalue weighted by atomic mass is 16.3. The van der Waals surface area contributed by atoms with Crippen LogP contribution in [0.15, 0.2) is 21.7 Å². The first-order valence-electron chi connectivity index (χ1n) is 2.93. The normalized spacial score (nSPS) is 10.5. The Morgan fingerprint density at radius 2 is 2.45 bits per heavy atom. The molecule has 0 saturated heterocycles. The molecule has 0 amide bonds. The van der Waals surface area contributed by atoms with Gasteiger partial charge in [-0.25, -0.2) is 4.98 Å². The average Bonchev–Trinajstić information content (AvgIpc) is 2.36. The molecule has 56 valence electrons. The molecule has 2 rings (SSSR count). The molecule has 5 heteroatoms. The second kappa shape index (κ2) is 1.85. The Kier molecular flexibility index (Phi) is 1.00. The maximum atomic E-state index is 10.7. The molecule has 5 nitrogen and oxygen atoms in total. The van der Waals surface area contributed by atoms with E-state index in [9.17, 15) is 4.79 Å². The van der Waals surface area contributed by atoms with Gasteiger partial charge in [0.1, 0.15) is 5.52 Å². The van der Waals surface area contributed by atoms with Gasteiger partial charge in [-0.05, 0) is 0 Å². The van der Waals surface area contributed by atoms with E-state index in [2.05, 4.69) is 9.97 Å². The molecular formula is C6H4N2O3. The van der Waals surface area contributed by atoms with Crippen LogP contribution in [-0.2, 0) is 0 Å². The lowest BCUT2D eigenvalue weighted by Crippen LogP contribution is -2.03. The van der Waals surface area contributed by atoms with Crippen LogP contribution < -0.4 is 5.56 Å². The van der Waals surface area contributed by atoms with Crippen molar-refractivity contribution in [2.24, 2.45) is 0 Å². The second-order valence-electron chi connectivity index (χ2n) is 2.05. The molecule has 0 atom stereocenters. The van der Waals surface area contributed by atoms with Gasteiger partial charge in [0.15, 0.2) is 12.1 Å². The number of hydrogen-bond acceptors (Lipinski definition) is 4. The van der Waals surface area contributed by atoms with Crippen molar-refractivity contribution in [1.82, 2.24) is 9.97 Å². The molecule has 0 fully saturated rings. The van der Waals surface area contributed by atoms with Crippen molar-refractivity contribution in [2.75, 3.05) is 0 Å². The minimum Gasteiger partial charge on any atom is -0.503 e. The minimum absolute atomic E-state index is 0.271. The van der Waals surface area contributed by atoms with Crippen LogP contribution in [0.1, 0.15) is 0 Å². The Labute approximate surface area is 60.3 Å². The number of aromatic amines is 1. The van der Waals surface area contributed by atoms with Crippen molar-refractivity contribution in [2.45, 2.75) is 0 Å². The van der Waals surface area contributed by atoms with Gasteiger partial charge in [-0.1, -0.05) is 0 Å². The van der Waals surface area contributed by atoms with Gasteiger partial charge in [0.05, 0.1) is 0 Å². The van der Waals surface area contributed by atoms with Gasteiger partial charge in [-0.2, -0.15) is 0 Å². The Morgan fingerprint density at radius 1 is 1.64 bits per heavy atom. The number of nitrogens with zero attached hydrogens (tertiary/aromatic N) is 1. The SMILES string of the molecule is O=c1[nH]c2ocnc2cc1O. The van der Waals surface area contributed by atoms with E-state index in [4.69, 9.17) is 9.52 Å². The molecule has 0 bridgehead atoms. The van der Waals surface area contributed by atoms with Gasteiger partial charge in [-0.3, -0.25) is 9.78 Å².